The molecule has 6 heteroatoms. The maximum absolute atomic E-state index is 11.6. The van der Waals surface area contributed by atoms with Gasteiger partial charge in [0.2, 0.25) is 10.0 Å². The molecule has 1 rings (SSSR count). The summed E-state index contributed by atoms with van der Waals surface area (Å²) in [4.78, 5) is 0. The minimum absolute atomic E-state index is 0.00553. The van der Waals surface area contributed by atoms with E-state index in [-0.39, 0.29) is 24.2 Å². The van der Waals surface area contributed by atoms with Crippen molar-refractivity contribution in [3.63, 3.8) is 0 Å². The normalized spacial score (nSPS) is 11.7. The van der Waals surface area contributed by atoms with Gasteiger partial charge in [-0.05, 0) is 26.0 Å². The molecule has 0 amide bonds. The molecule has 5 nitrogen and oxygen atoms in total. The Morgan fingerprint density at radius 1 is 1.41 bits per heavy atom. The second kappa shape index (κ2) is 5.88. The number of ether oxygens (including phenoxy) is 1. The molecule has 0 aliphatic carbocycles. The molecule has 0 saturated heterocycles. The lowest BCUT2D eigenvalue weighted by Gasteiger charge is -2.10. The van der Waals surface area contributed by atoms with E-state index in [4.69, 9.17) is 4.74 Å². The van der Waals surface area contributed by atoms with Gasteiger partial charge in [-0.25, -0.2) is 8.42 Å². The lowest BCUT2D eigenvalue weighted by atomic mass is 10.3. The molecule has 0 fully saturated rings. The Bertz CT molecular complexity index is 456. The third kappa shape index (κ3) is 5.55. The van der Waals surface area contributed by atoms with Gasteiger partial charge in [0.05, 0.1) is 24.2 Å². The van der Waals surface area contributed by atoms with Crippen LogP contribution in [0, 0.1) is 0 Å². The molecule has 0 atom stereocenters. The van der Waals surface area contributed by atoms with Gasteiger partial charge in [0, 0.05) is 6.07 Å². The van der Waals surface area contributed by atoms with E-state index in [1.165, 1.54) is 12.1 Å². The highest BCUT2D eigenvalue weighted by molar-refractivity contribution is 7.92. The second-order valence-corrected chi connectivity index (χ2v) is 5.73. The number of rotatable bonds is 6. The van der Waals surface area contributed by atoms with Crippen LogP contribution in [0.25, 0.3) is 0 Å². The summed E-state index contributed by atoms with van der Waals surface area (Å²) in [5.74, 6) is -0.0930. The summed E-state index contributed by atoms with van der Waals surface area (Å²) in [5.41, 5.74) is 0.342. The summed E-state index contributed by atoms with van der Waals surface area (Å²) in [6.07, 6.45) is 0.00553. The van der Waals surface area contributed by atoms with E-state index in [0.29, 0.717) is 5.69 Å². The fourth-order valence-electron chi connectivity index (χ4n) is 1.19. The maximum Gasteiger partial charge on any atom is 0.235 e. The average molecular weight is 259 g/mol. The van der Waals surface area contributed by atoms with Crippen LogP contribution in [0.5, 0.6) is 5.75 Å². The lowest BCUT2D eigenvalue weighted by molar-refractivity contribution is 0.0913. The Hall–Kier alpha value is -1.27. The smallest absolute Gasteiger partial charge is 0.235 e. The predicted octanol–water partition coefficient (Wildman–Crippen LogP) is 1.56. The molecule has 0 aliphatic rings. The van der Waals surface area contributed by atoms with E-state index in [0.717, 1.165) is 0 Å². The van der Waals surface area contributed by atoms with Crippen molar-refractivity contribution in [1.29, 1.82) is 0 Å². The van der Waals surface area contributed by atoms with E-state index in [2.05, 4.69) is 4.72 Å². The Balaban J connectivity index is 2.55. The van der Waals surface area contributed by atoms with Crippen LogP contribution in [-0.2, 0) is 14.8 Å². The molecule has 0 radical (unpaired) electrons. The zero-order chi connectivity index (χ0) is 12.9. The minimum atomic E-state index is -3.43. The molecule has 0 bridgehead atoms. The monoisotopic (exact) mass is 259 g/mol. The van der Waals surface area contributed by atoms with Crippen LogP contribution in [-0.4, -0.2) is 32.0 Å². The van der Waals surface area contributed by atoms with Crippen molar-refractivity contribution in [3.05, 3.63) is 24.3 Å². The highest BCUT2D eigenvalue weighted by Crippen LogP contribution is 2.16. The first-order chi connectivity index (χ1) is 7.89. The molecule has 2 N–H and O–H groups in total. The molecule has 1 aromatic rings. The van der Waals surface area contributed by atoms with Crippen molar-refractivity contribution in [2.75, 3.05) is 17.1 Å². The van der Waals surface area contributed by atoms with Gasteiger partial charge >= 0.3 is 0 Å². The second-order valence-electron chi connectivity index (χ2n) is 3.89. The molecule has 96 valence electrons. The maximum atomic E-state index is 11.6. The van der Waals surface area contributed by atoms with Gasteiger partial charge in [-0.1, -0.05) is 6.07 Å². The largest absolute Gasteiger partial charge is 0.508 e. The predicted molar refractivity (Wildman–Crippen MR) is 66.6 cm³/mol. The van der Waals surface area contributed by atoms with Gasteiger partial charge in [0.25, 0.3) is 0 Å². The van der Waals surface area contributed by atoms with Gasteiger partial charge in [-0.15, -0.1) is 0 Å². The molecule has 0 aromatic heterocycles. The number of phenolic OH excluding ortho intramolecular Hbond substituents is 1. The zero-order valence-electron chi connectivity index (χ0n) is 9.88. The first kappa shape index (κ1) is 13.8. The number of sulfonamides is 1. The molecule has 1 aromatic carbocycles. The van der Waals surface area contributed by atoms with Crippen molar-refractivity contribution in [3.8, 4) is 5.75 Å². The molecule has 0 heterocycles. The molecule has 0 unspecified atom stereocenters. The SMILES string of the molecule is CC(C)OCCS(=O)(=O)Nc1cccc(O)c1. The fourth-order valence-corrected chi connectivity index (χ4v) is 2.10. The van der Waals surface area contributed by atoms with Crippen molar-refractivity contribution in [2.45, 2.75) is 20.0 Å². The molecule has 0 saturated carbocycles. The molecule has 0 spiro atoms. The highest BCUT2D eigenvalue weighted by Gasteiger charge is 2.11. The molecular weight excluding hydrogens is 242 g/mol. The summed E-state index contributed by atoms with van der Waals surface area (Å²) in [6.45, 7) is 3.83. The van der Waals surface area contributed by atoms with Crippen molar-refractivity contribution in [2.24, 2.45) is 0 Å². The molecule has 17 heavy (non-hydrogen) atoms. The highest BCUT2D eigenvalue weighted by atomic mass is 32.2. The first-order valence-corrected chi connectivity index (χ1v) is 6.95. The van der Waals surface area contributed by atoms with Crippen LogP contribution in [0.2, 0.25) is 0 Å². The van der Waals surface area contributed by atoms with Gasteiger partial charge in [-0.3, -0.25) is 4.72 Å². The summed E-state index contributed by atoms with van der Waals surface area (Å²) >= 11 is 0. The third-order valence-electron chi connectivity index (χ3n) is 1.92. The van der Waals surface area contributed by atoms with E-state index < -0.39 is 10.0 Å². The zero-order valence-corrected chi connectivity index (χ0v) is 10.7. The Morgan fingerprint density at radius 2 is 2.12 bits per heavy atom. The standard InChI is InChI=1S/C11H17NO4S/c1-9(2)16-6-7-17(14,15)12-10-4-3-5-11(13)8-10/h3-5,8-9,12-13H,6-7H2,1-2H3. The van der Waals surface area contributed by atoms with Gasteiger partial charge in [-0.2, -0.15) is 0 Å². The summed E-state index contributed by atoms with van der Waals surface area (Å²) < 4.78 is 30.8. The Morgan fingerprint density at radius 3 is 2.71 bits per heavy atom. The number of benzene rings is 1. The first-order valence-electron chi connectivity index (χ1n) is 5.30. The van der Waals surface area contributed by atoms with Crippen LogP contribution >= 0.6 is 0 Å². The average Bonchev–Trinajstić information content (AvgIpc) is 2.15. The Kier molecular flexibility index (Phi) is 4.77. The number of hydrogen-bond acceptors (Lipinski definition) is 4. The topological polar surface area (TPSA) is 75.6 Å². The molecule has 0 aliphatic heterocycles. The van der Waals surface area contributed by atoms with E-state index in [9.17, 15) is 13.5 Å². The fraction of sp³-hybridized carbons (Fsp3) is 0.455. The molecular formula is C11H17NO4S. The number of nitrogens with one attached hydrogen (secondary N) is 1. The van der Waals surface area contributed by atoms with Crippen molar-refractivity contribution < 1.29 is 18.3 Å². The van der Waals surface area contributed by atoms with Crippen LogP contribution in [0.1, 0.15) is 13.8 Å². The van der Waals surface area contributed by atoms with E-state index in [1.807, 2.05) is 13.8 Å². The number of aromatic hydroxyl groups is 1. The quantitative estimate of drug-likeness (QED) is 0.813. The summed E-state index contributed by atoms with van der Waals surface area (Å²) in [6, 6.07) is 5.96. The van der Waals surface area contributed by atoms with E-state index in [1.54, 1.807) is 12.1 Å². The summed E-state index contributed by atoms with van der Waals surface area (Å²) in [5, 5.41) is 9.20. The van der Waals surface area contributed by atoms with Crippen LogP contribution in [0.15, 0.2) is 24.3 Å². The van der Waals surface area contributed by atoms with Crippen LogP contribution < -0.4 is 4.72 Å². The lowest BCUT2D eigenvalue weighted by Crippen LogP contribution is -2.21. The van der Waals surface area contributed by atoms with Crippen molar-refractivity contribution in [1.82, 2.24) is 0 Å². The van der Waals surface area contributed by atoms with Crippen molar-refractivity contribution >= 4 is 15.7 Å². The minimum Gasteiger partial charge on any atom is -0.508 e. The van der Waals surface area contributed by atoms with E-state index >= 15 is 0 Å². The van der Waals surface area contributed by atoms with Gasteiger partial charge in [0.15, 0.2) is 0 Å². The Labute approximate surface area is 101 Å². The van der Waals surface area contributed by atoms with Gasteiger partial charge in [0.1, 0.15) is 5.75 Å². The van der Waals surface area contributed by atoms with Crippen LogP contribution in [0.4, 0.5) is 5.69 Å². The third-order valence-corrected chi connectivity index (χ3v) is 3.17. The summed E-state index contributed by atoms with van der Waals surface area (Å²) in [7, 11) is -3.43. The van der Waals surface area contributed by atoms with Gasteiger partial charge < -0.3 is 9.84 Å². The van der Waals surface area contributed by atoms with Crippen LogP contribution in [0.3, 0.4) is 0 Å². The number of phenols is 1. The number of hydrogen-bond donors (Lipinski definition) is 2. The number of anilines is 1.